The first-order valence-corrected chi connectivity index (χ1v) is 5.57. The lowest BCUT2D eigenvalue weighted by Gasteiger charge is -2.01. The Balaban J connectivity index is 2.42. The predicted octanol–water partition coefficient (Wildman–Crippen LogP) is 1.58. The van der Waals surface area contributed by atoms with Gasteiger partial charge in [0.05, 0.1) is 6.20 Å². The van der Waals surface area contributed by atoms with Crippen molar-refractivity contribution in [2.45, 2.75) is 38.4 Å². The molecular weight excluding hydrogens is 251 g/mol. The van der Waals surface area contributed by atoms with Gasteiger partial charge in [0.1, 0.15) is 0 Å². The maximum absolute atomic E-state index is 12.1. The van der Waals surface area contributed by atoms with Gasteiger partial charge in [0, 0.05) is 13.2 Å². The zero-order valence-corrected chi connectivity index (χ0v) is 9.65. The molecule has 1 aromatic rings. The Morgan fingerprint density at radius 1 is 1.28 bits per heavy atom. The highest BCUT2D eigenvalue weighted by atomic mass is 19.4. The number of rotatable bonds is 7. The molecule has 1 N–H and O–H groups in total. The number of carbonyl (C=O) groups excluding carboxylic acids is 1. The zero-order valence-electron chi connectivity index (χ0n) is 9.65. The van der Waals surface area contributed by atoms with Crippen molar-refractivity contribution in [2.24, 2.45) is 0 Å². The van der Waals surface area contributed by atoms with Crippen LogP contribution in [0.1, 0.15) is 36.2 Å². The minimum absolute atomic E-state index is 0.132. The number of aliphatic hydroxyl groups excluding tert-OH is 1. The van der Waals surface area contributed by atoms with Gasteiger partial charge in [-0.3, -0.25) is 9.48 Å². The summed E-state index contributed by atoms with van der Waals surface area (Å²) in [5.74, 6) is -1.98. The van der Waals surface area contributed by atoms with Gasteiger partial charge in [0.15, 0.2) is 5.69 Å². The maximum atomic E-state index is 12.1. The third-order valence-electron chi connectivity index (χ3n) is 2.32. The molecule has 5 nitrogen and oxygen atoms in total. The summed E-state index contributed by atoms with van der Waals surface area (Å²) in [7, 11) is 0. The van der Waals surface area contributed by atoms with E-state index in [1.54, 1.807) is 0 Å². The van der Waals surface area contributed by atoms with Crippen LogP contribution in [-0.2, 0) is 6.54 Å². The number of carbonyl (C=O) groups is 1. The molecule has 0 saturated heterocycles. The number of unbranched alkanes of at least 4 members (excludes halogenated alkanes) is 3. The Labute approximate surface area is 102 Å². The fraction of sp³-hybridized carbons (Fsp3) is 0.700. The molecule has 0 aliphatic rings. The summed E-state index contributed by atoms with van der Waals surface area (Å²) in [4.78, 5) is 10.8. The SMILES string of the molecule is O=C(c1cn(CCCCCCO)nn1)C(F)(F)F. The van der Waals surface area contributed by atoms with Gasteiger partial charge in [-0.15, -0.1) is 5.10 Å². The van der Waals surface area contributed by atoms with Gasteiger partial charge in [0.2, 0.25) is 0 Å². The van der Waals surface area contributed by atoms with Crippen LogP contribution in [0.5, 0.6) is 0 Å². The molecule has 0 radical (unpaired) electrons. The fourth-order valence-electron chi connectivity index (χ4n) is 1.40. The number of nitrogens with zero attached hydrogens (tertiary/aromatic N) is 3. The third-order valence-corrected chi connectivity index (χ3v) is 2.32. The van der Waals surface area contributed by atoms with Gasteiger partial charge >= 0.3 is 6.18 Å². The van der Waals surface area contributed by atoms with Crippen molar-refractivity contribution < 1.29 is 23.1 Å². The van der Waals surface area contributed by atoms with Crippen LogP contribution in [0, 0.1) is 0 Å². The number of hydrogen-bond donors (Lipinski definition) is 1. The van der Waals surface area contributed by atoms with Crippen molar-refractivity contribution in [3.05, 3.63) is 11.9 Å². The minimum Gasteiger partial charge on any atom is -0.396 e. The summed E-state index contributed by atoms with van der Waals surface area (Å²) >= 11 is 0. The number of Topliss-reactive ketones (excluding diaryl/α,β-unsaturated/α-hetero) is 1. The summed E-state index contributed by atoms with van der Waals surface area (Å²) in [6, 6.07) is 0. The van der Waals surface area contributed by atoms with Gasteiger partial charge in [-0.2, -0.15) is 13.2 Å². The Kier molecular flexibility index (Phi) is 5.26. The molecule has 0 atom stereocenters. The van der Waals surface area contributed by atoms with Gasteiger partial charge in [-0.05, 0) is 12.8 Å². The van der Waals surface area contributed by atoms with Gasteiger partial charge in [-0.25, -0.2) is 0 Å². The molecule has 0 amide bonds. The Morgan fingerprint density at radius 2 is 1.94 bits per heavy atom. The summed E-state index contributed by atoms with van der Waals surface area (Å²) in [5.41, 5.74) is -0.683. The summed E-state index contributed by atoms with van der Waals surface area (Å²) < 4.78 is 37.5. The van der Waals surface area contributed by atoms with E-state index in [4.69, 9.17) is 5.11 Å². The lowest BCUT2D eigenvalue weighted by molar-refractivity contribution is -0.0888. The molecule has 18 heavy (non-hydrogen) atoms. The highest BCUT2D eigenvalue weighted by molar-refractivity contribution is 5.98. The van der Waals surface area contributed by atoms with Crippen molar-refractivity contribution in [1.29, 1.82) is 0 Å². The lowest BCUT2D eigenvalue weighted by Crippen LogP contribution is -2.23. The smallest absolute Gasteiger partial charge is 0.396 e. The van der Waals surface area contributed by atoms with Crippen LogP contribution in [-0.4, -0.2) is 38.7 Å². The molecule has 1 aromatic heterocycles. The van der Waals surface area contributed by atoms with Crippen LogP contribution in [0.25, 0.3) is 0 Å². The monoisotopic (exact) mass is 265 g/mol. The molecule has 0 saturated carbocycles. The average Bonchev–Trinajstić information content (AvgIpc) is 2.75. The Morgan fingerprint density at radius 3 is 2.56 bits per heavy atom. The van der Waals surface area contributed by atoms with E-state index in [1.165, 1.54) is 4.68 Å². The highest BCUT2D eigenvalue weighted by Gasteiger charge is 2.41. The second-order valence-electron chi connectivity index (χ2n) is 3.83. The molecule has 8 heteroatoms. The largest absolute Gasteiger partial charge is 0.456 e. The molecule has 1 rings (SSSR count). The van der Waals surface area contributed by atoms with Crippen molar-refractivity contribution >= 4 is 5.78 Å². The summed E-state index contributed by atoms with van der Waals surface area (Å²) in [6.45, 7) is 0.539. The second kappa shape index (κ2) is 6.48. The van der Waals surface area contributed by atoms with E-state index in [9.17, 15) is 18.0 Å². The minimum atomic E-state index is -4.91. The normalized spacial score (nSPS) is 11.8. The van der Waals surface area contributed by atoms with Crippen LogP contribution < -0.4 is 0 Å². The second-order valence-corrected chi connectivity index (χ2v) is 3.83. The first kappa shape index (κ1) is 14.6. The van der Waals surface area contributed by atoms with E-state index in [-0.39, 0.29) is 6.61 Å². The van der Waals surface area contributed by atoms with Crippen molar-refractivity contribution in [1.82, 2.24) is 15.0 Å². The van der Waals surface area contributed by atoms with E-state index >= 15 is 0 Å². The Bertz CT molecular complexity index is 390. The maximum Gasteiger partial charge on any atom is 0.456 e. The summed E-state index contributed by atoms with van der Waals surface area (Å²) in [6.07, 6.45) is -0.815. The topological polar surface area (TPSA) is 68.0 Å². The van der Waals surface area contributed by atoms with Gasteiger partial charge < -0.3 is 5.11 Å². The lowest BCUT2D eigenvalue weighted by atomic mass is 10.2. The quantitative estimate of drug-likeness (QED) is 0.600. The fourth-order valence-corrected chi connectivity index (χ4v) is 1.40. The number of ketones is 1. The van der Waals surface area contributed by atoms with Crippen LogP contribution >= 0.6 is 0 Å². The van der Waals surface area contributed by atoms with Crippen LogP contribution in [0.2, 0.25) is 0 Å². The zero-order chi connectivity index (χ0) is 13.6. The van der Waals surface area contributed by atoms with E-state index in [1.807, 2.05) is 0 Å². The van der Waals surface area contributed by atoms with E-state index in [0.29, 0.717) is 19.4 Å². The highest BCUT2D eigenvalue weighted by Crippen LogP contribution is 2.19. The third kappa shape index (κ3) is 4.44. The Hall–Kier alpha value is -1.44. The molecule has 0 aliphatic carbocycles. The van der Waals surface area contributed by atoms with E-state index in [0.717, 1.165) is 19.0 Å². The number of hydrogen-bond acceptors (Lipinski definition) is 4. The number of aromatic nitrogens is 3. The summed E-state index contributed by atoms with van der Waals surface area (Å²) in [5, 5.41) is 15.2. The number of aryl methyl sites for hydroxylation is 1. The predicted molar refractivity (Wildman–Crippen MR) is 56.0 cm³/mol. The van der Waals surface area contributed by atoms with Crippen molar-refractivity contribution in [3.63, 3.8) is 0 Å². The van der Waals surface area contributed by atoms with Crippen LogP contribution in [0.3, 0.4) is 0 Å². The number of aliphatic hydroxyl groups is 1. The van der Waals surface area contributed by atoms with Crippen molar-refractivity contribution in [2.75, 3.05) is 6.61 Å². The van der Waals surface area contributed by atoms with Crippen molar-refractivity contribution in [3.8, 4) is 0 Å². The number of halogens is 3. The number of alkyl halides is 3. The van der Waals surface area contributed by atoms with Gasteiger partial charge in [-0.1, -0.05) is 18.1 Å². The van der Waals surface area contributed by atoms with E-state index in [2.05, 4.69) is 10.3 Å². The molecule has 0 aliphatic heterocycles. The van der Waals surface area contributed by atoms with Crippen LogP contribution in [0.15, 0.2) is 6.20 Å². The van der Waals surface area contributed by atoms with E-state index < -0.39 is 17.7 Å². The molecule has 102 valence electrons. The molecule has 0 fully saturated rings. The molecule has 0 spiro atoms. The molecule has 0 bridgehead atoms. The molecular formula is C10H14F3N3O2. The first-order chi connectivity index (χ1) is 8.45. The molecule has 1 heterocycles. The molecule has 0 aromatic carbocycles. The standard InChI is InChI=1S/C10H14F3N3O2/c11-10(12,13)9(18)8-7-16(15-14-8)5-3-1-2-4-6-17/h7,17H,1-6H2. The van der Waals surface area contributed by atoms with Crippen LogP contribution in [0.4, 0.5) is 13.2 Å². The van der Waals surface area contributed by atoms with Gasteiger partial charge in [0.25, 0.3) is 5.78 Å². The molecule has 0 unspecified atom stereocenters. The first-order valence-electron chi connectivity index (χ1n) is 5.57. The average molecular weight is 265 g/mol.